The summed E-state index contributed by atoms with van der Waals surface area (Å²) < 4.78 is 44.3. The summed E-state index contributed by atoms with van der Waals surface area (Å²) in [6, 6.07) is 13.8. The fraction of sp³-hybridized carbons (Fsp3) is 0.321. The molecule has 2 heterocycles. The van der Waals surface area contributed by atoms with Crippen LogP contribution in [-0.4, -0.2) is 49.0 Å². The van der Waals surface area contributed by atoms with E-state index in [2.05, 4.69) is 10.4 Å². The van der Waals surface area contributed by atoms with Gasteiger partial charge in [0.2, 0.25) is 0 Å². The number of ether oxygens (including phenoxy) is 1. The van der Waals surface area contributed by atoms with E-state index in [1.54, 1.807) is 23.2 Å². The van der Waals surface area contributed by atoms with Gasteiger partial charge in [-0.3, -0.25) is 15.2 Å². The molecule has 9 nitrogen and oxygen atoms in total. The molecule has 1 fully saturated rings. The Balaban J connectivity index is 1.49. The lowest BCUT2D eigenvalue weighted by Gasteiger charge is -2.24. The first-order valence-corrected chi connectivity index (χ1v) is 13.9. The maximum absolute atomic E-state index is 13.9. The fourth-order valence-electron chi connectivity index (χ4n) is 4.35. The highest BCUT2D eigenvalue weighted by molar-refractivity contribution is 7.89. The number of carbonyl (C=O) groups is 2. The van der Waals surface area contributed by atoms with Crippen LogP contribution >= 0.6 is 0 Å². The van der Waals surface area contributed by atoms with Crippen molar-refractivity contribution in [1.82, 2.24) is 20.1 Å². The average Bonchev–Trinajstić information content (AvgIpc) is 3.37. The van der Waals surface area contributed by atoms with Crippen LogP contribution in [0.4, 0.5) is 9.18 Å². The first-order valence-electron chi connectivity index (χ1n) is 12.4. The lowest BCUT2D eigenvalue weighted by atomic mass is 9.96. The summed E-state index contributed by atoms with van der Waals surface area (Å²) in [5.74, 6) is -1.53. The molecule has 2 aromatic carbocycles. The van der Waals surface area contributed by atoms with E-state index in [1.807, 2.05) is 50.7 Å². The number of carbonyl (C=O) groups excluding carboxylic acids is 2. The molecule has 1 aliphatic heterocycles. The number of nitrogens with one attached hydrogen (secondary N) is 2. The molecule has 0 radical (unpaired) electrons. The van der Waals surface area contributed by atoms with Crippen molar-refractivity contribution in [1.29, 1.82) is 0 Å². The highest BCUT2D eigenvalue weighted by Crippen LogP contribution is 2.31. The van der Waals surface area contributed by atoms with Crippen molar-refractivity contribution in [2.24, 2.45) is 0 Å². The predicted octanol–water partition coefficient (Wildman–Crippen LogP) is 4.54. The lowest BCUT2D eigenvalue weighted by Crippen LogP contribution is -2.41. The smallest absolute Gasteiger partial charge is 0.410 e. The average molecular weight is 555 g/mol. The molecule has 206 valence electrons. The highest BCUT2D eigenvalue weighted by Gasteiger charge is 2.30. The Morgan fingerprint density at radius 2 is 1.85 bits per heavy atom. The molecule has 11 heteroatoms. The largest absolute Gasteiger partial charge is 0.444 e. The van der Waals surface area contributed by atoms with Crippen molar-refractivity contribution in [2.45, 2.75) is 50.5 Å². The number of likely N-dealkylation sites (tertiary alicyclic amines) is 1. The Kier molecular flexibility index (Phi) is 8.03. The van der Waals surface area contributed by atoms with Crippen LogP contribution in [0.5, 0.6) is 0 Å². The number of hydrazine groups is 1. The van der Waals surface area contributed by atoms with Crippen molar-refractivity contribution in [2.75, 3.05) is 13.1 Å². The molecule has 0 bridgehead atoms. The van der Waals surface area contributed by atoms with Gasteiger partial charge in [-0.15, -0.1) is 4.83 Å². The van der Waals surface area contributed by atoms with Crippen molar-refractivity contribution in [3.63, 3.8) is 0 Å². The van der Waals surface area contributed by atoms with Crippen LogP contribution in [0.2, 0.25) is 0 Å². The number of nitrogens with zero attached hydrogens (tertiary/aromatic N) is 2. The topological polar surface area (TPSA) is 118 Å². The third-order valence-corrected chi connectivity index (χ3v) is 7.44. The van der Waals surface area contributed by atoms with Gasteiger partial charge in [0.05, 0.1) is 5.69 Å². The standard InChI is InChI=1S/C28H31FN4O5S/c1-18-13-21(15-22(14-18)26(34)31-32-39(36,37)25-8-6-5-7-23(25)29)24-16-19(9-11-30-24)20-10-12-33(17-20)27(35)38-28(2,3)4/h5-9,11,13-16,20,32H,10,12,17H2,1-4H3,(H,31,34). The third kappa shape index (κ3) is 6.98. The van der Waals surface area contributed by atoms with Crippen molar-refractivity contribution < 1.29 is 27.1 Å². The first-order chi connectivity index (χ1) is 18.3. The molecule has 2 amide bonds. The Hall–Kier alpha value is -3.83. The first kappa shape index (κ1) is 28.2. The molecule has 0 spiro atoms. The van der Waals surface area contributed by atoms with Gasteiger partial charge >= 0.3 is 6.09 Å². The van der Waals surface area contributed by atoms with E-state index in [9.17, 15) is 22.4 Å². The molecule has 3 aromatic rings. The number of hydrogen-bond acceptors (Lipinski definition) is 6. The summed E-state index contributed by atoms with van der Waals surface area (Å²) >= 11 is 0. The van der Waals surface area contributed by atoms with E-state index in [4.69, 9.17) is 4.74 Å². The SMILES string of the molecule is Cc1cc(C(=O)NNS(=O)(=O)c2ccccc2F)cc(-c2cc(C3CCN(C(=O)OC(C)(C)C)C3)ccn2)c1. The van der Waals surface area contributed by atoms with Crippen LogP contribution in [0.1, 0.15) is 54.6 Å². The summed E-state index contributed by atoms with van der Waals surface area (Å²) in [5.41, 5.74) is 4.85. The summed E-state index contributed by atoms with van der Waals surface area (Å²) in [5, 5.41) is 0. The van der Waals surface area contributed by atoms with Gasteiger partial charge in [-0.2, -0.15) is 0 Å². The van der Waals surface area contributed by atoms with Gasteiger partial charge in [-0.05, 0) is 87.7 Å². The quantitative estimate of drug-likeness (QED) is 0.432. The molecule has 1 aliphatic rings. The van der Waals surface area contributed by atoms with Crippen LogP contribution in [0.25, 0.3) is 11.3 Å². The Bertz CT molecular complexity index is 1500. The van der Waals surface area contributed by atoms with E-state index in [1.165, 1.54) is 12.1 Å². The van der Waals surface area contributed by atoms with Crippen molar-refractivity contribution in [3.05, 3.63) is 83.3 Å². The summed E-state index contributed by atoms with van der Waals surface area (Å²) in [6.45, 7) is 8.44. The predicted molar refractivity (Wildman–Crippen MR) is 144 cm³/mol. The van der Waals surface area contributed by atoms with E-state index in [-0.39, 0.29) is 17.6 Å². The molecule has 1 saturated heterocycles. The molecular formula is C28H31FN4O5S. The zero-order valence-corrected chi connectivity index (χ0v) is 23.0. The minimum atomic E-state index is -4.31. The van der Waals surface area contributed by atoms with E-state index < -0.39 is 32.2 Å². The number of aromatic nitrogens is 1. The minimum absolute atomic E-state index is 0.111. The Morgan fingerprint density at radius 3 is 2.56 bits per heavy atom. The van der Waals surface area contributed by atoms with E-state index in [0.29, 0.717) is 24.3 Å². The minimum Gasteiger partial charge on any atom is -0.444 e. The zero-order valence-electron chi connectivity index (χ0n) is 22.2. The molecule has 0 aliphatic carbocycles. The van der Waals surface area contributed by atoms with Gasteiger partial charge in [0.1, 0.15) is 16.3 Å². The van der Waals surface area contributed by atoms with Gasteiger partial charge < -0.3 is 9.64 Å². The number of aryl methyl sites for hydroxylation is 1. The molecule has 39 heavy (non-hydrogen) atoms. The fourth-order valence-corrected chi connectivity index (χ4v) is 5.27. The second-order valence-corrected chi connectivity index (χ2v) is 12.1. The summed E-state index contributed by atoms with van der Waals surface area (Å²) in [4.78, 5) is 32.8. The van der Waals surface area contributed by atoms with Crippen LogP contribution < -0.4 is 10.3 Å². The van der Waals surface area contributed by atoms with Crippen LogP contribution in [-0.2, 0) is 14.8 Å². The van der Waals surface area contributed by atoms with Gasteiger partial charge in [-0.25, -0.2) is 17.6 Å². The van der Waals surface area contributed by atoms with E-state index in [0.717, 1.165) is 29.7 Å². The monoisotopic (exact) mass is 554 g/mol. The van der Waals surface area contributed by atoms with Gasteiger partial charge in [0, 0.05) is 36.3 Å². The van der Waals surface area contributed by atoms with Crippen molar-refractivity contribution in [3.8, 4) is 11.3 Å². The maximum atomic E-state index is 13.9. The van der Waals surface area contributed by atoms with Crippen molar-refractivity contribution >= 4 is 22.0 Å². The third-order valence-electron chi connectivity index (χ3n) is 6.16. The summed E-state index contributed by atoms with van der Waals surface area (Å²) in [6.07, 6.45) is 2.14. The Labute approximate surface area is 227 Å². The number of hydrogen-bond donors (Lipinski definition) is 2. The summed E-state index contributed by atoms with van der Waals surface area (Å²) in [7, 11) is -4.31. The van der Waals surface area contributed by atoms with Crippen LogP contribution in [0.15, 0.2) is 65.7 Å². The highest BCUT2D eigenvalue weighted by atomic mass is 32.2. The van der Waals surface area contributed by atoms with Gasteiger partial charge in [-0.1, -0.05) is 12.1 Å². The van der Waals surface area contributed by atoms with Crippen LogP contribution in [0, 0.1) is 12.7 Å². The number of rotatable bonds is 6. The Morgan fingerprint density at radius 1 is 1.10 bits per heavy atom. The second-order valence-electron chi connectivity index (χ2n) is 10.5. The molecular weight excluding hydrogens is 523 g/mol. The molecule has 1 aromatic heterocycles. The molecule has 1 atom stereocenters. The number of amides is 2. The number of halogens is 1. The maximum Gasteiger partial charge on any atom is 0.410 e. The molecule has 4 rings (SSSR count). The van der Waals surface area contributed by atoms with Crippen LogP contribution in [0.3, 0.4) is 0 Å². The van der Waals surface area contributed by atoms with Gasteiger partial charge in [0.15, 0.2) is 0 Å². The number of benzene rings is 2. The molecule has 1 unspecified atom stereocenters. The lowest BCUT2D eigenvalue weighted by molar-refractivity contribution is 0.0292. The molecule has 0 saturated carbocycles. The normalized spacial score (nSPS) is 15.7. The van der Waals surface area contributed by atoms with E-state index >= 15 is 0 Å². The second kappa shape index (κ2) is 11.1. The molecule has 2 N–H and O–H groups in total. The van der Waals surface area contributed by atoms with Gasteiger partial charge in [0.25, 0.3) is 15.9 Å². The zero-order chi connectivity index (χ0) is 28.4. The number of sulfonamides is 1. The number of pyridine rings is 1.